The number of fused-ring (bicyclic) bond motifs is 1. The quantitative estimate of drug-likeness (QED) is 0.296. The topological polar surface area (TPSA) is 58.6 Å². The number of carbonyl (C=O) groups excluding carboxylic acids is 2. The minimum atomic E-state index is -0.120. The van der Waals surface area contributed by atoms with Gasteiger partial charge in [-0.1, -0.05) is 51.1 Å². The molecule has 2 rings (SSSR count). The molecule has 1 aliphatic rings. The molecule has 1 heterocycles. The highest BCUT2D eigenvalue weighted by Gasteiger charge is 2.21. The van der Waals surface area contributed by atoms with Gasteiger partial charge in [0, 0.05) is 36.3 Å². The maximum atomic E-state index is 12.3. The first-order valence-electron chi connectivity index (χ1n) is 11.3. The monoisotopic (exact) mass is 424 g/mol. The second-order valence-corrected chi connectivity index (χ2v) is 7.91. The average molecular weight is 425 g/mol. The van der Waals surface area contributed by atoms with Crippen molar-refractivity contribution in [2.45, 2.75) is 65.8 Å². The van der Waals surface area contributed by atoms with E-state index in [1.54, 1.807) is 0 Å². The molecule has 5 heteroatoms. The highest BCUT2D eigenvalue weighted by atomic mass is 16.5. The Balaban J connectivity index is 1.92. The predicted octanol–water partition coefficient (Wildman–Crippen LogP) is 4.86. The average Bonchev–Trinajstić information content (AvgIpc) is 2.77. The maximum Gasteiger partial charge on any atom is 0.250 e. The number of allylic oxidation sites excluding steroid dienone is 3. The third-order valence-corrected chi connectivity index (χ3v) is 5.44. The van der Waals surface area contributed by atoms with Gasteiger partial charge in [0.2, 0.25) is 6.41 Å². The van der Waals surface area contributed by atoms with Crippen molar-refractivity contribution in [1.82, 2.24) is 10.2 Å². The van der Waals surface area contributed by atoms with Gasteiger partial charge in [-0.3, -0.25) is 9.59 Å². The van der Waals surface area contributed by atoms with Gasteiger partial charge in [-0.05, 0) is 49.8 Å². The molecule has 5 nitrogen and oxygen atoms in total. The van der Waals surface area contributed by atoms with E-state index in [1.165, 1.54) is 16.7 Å². The number of nitrogens with zero attached hydrogens (tertiary/aromatic N) is 1. The molecule has 0 saturated heterocycles. The summed E-state index contributed by atoms with van der Waals surface area (Å²) in [5, 5.41) is 2.86. The Hall–Kier alpha value is -2.82. The van der Waals surface area contributed by atoms with E-state index < -0.39 is 0 Å². The van der Waals surface area contributed by atoms with Gasteiger partial charge in [-0.25, -0.2) is 0 Å². The van der Waals surface area contributed by atoms with Crippen molar-refractivity contribution < 1.29 is 14.3 Å². The number of amides is 2. The van der Waals surface area contributed by atoms with Crippen molar-refractivity contribution >= 4 is 12.3 Å². The van der Waals surface area contributed by atoms with Crippen LogP contribution in [0.2, 0.25) is 0 Å². The Morgan fingerprint density at radius 2 is 2.06 bits per heavy atom. The summed E-state index contributed by atoms with van der Waals surface area (Å²) in [5.41, 5.74) is 5.05. The fraction of sp³-hybridized carbons (Fsp3) is 0.462. The van der Waals surface area contributed by atoms with Crippen molar-refractivity contribution in [2.75, 3.05) is 13.2 Å². The van der Waals surface area contributed by atoms with Crippen LogP contribution in [0.1, 0.15) is 63.1 Å². The van der Waals surface area contributed by atoms with Crippen LogP contribution >= 0.6 is 0 Å². The molecule has 1 N–H and O–H groups in total. The van der Waals surface area contributed by atoms with Gasteiger partial charge in [0.15, 0.2) is 0 Å². The first-order valence-corrected chi connectivity index (χ1v) is 11.3. The van der Waals surface area contributed by atoms with E-state index in [9.17, 15) is 9.59 Å². The van der Waals surface area contributed by atoms with Gasteiger partial charge >= 0.3 is 0 Å². The molecule has 1 aromatic carbocycles. The molecule has 0 radical (unpaired) electrons. The lowest BCUT2D eigenvalue weighted by Crippen LogP contribution is -2.30. The van der Waals surface area contributed by atoms with Crippen LogP contribution in [0, 0.1) is 0 Å². The molecule has 0 aliphatic carbocycles. The Morgan fingerprint density at radius 3 is 2.77 bits per heavy atom. The summed E-state index contributed by atoms with van der Waals surface area (Å²) in [6.07, 6.45) is 12.1. The van der Waals surface area contributed by atoms with E-state index in [4.69, 9.17) is 4.74 Å². The van der Waals surface area contributed by atoms with E-state index in [2.05, 4.69) is 44.0 Å². The molecule has 1 aliphatic heterocycles. The Kier molecular flexibility index (Phi) is 10.1. The summed E-state index contributed by atoms with van der Waals surface area (Å²) in [4.78, 5) is 25.3. The van der Waals surface area contributed by atoms with Gasteiger partial charge in [0.1, 0.15) is 5.75 Å². The first-order chi connectivity index (χ1) is 15.0. The summed E-state index contributed by atoms with van der Waals surface area (Å²) < 4.78 is 6.07. The number of hydrogen-bond donors (Lipinski definition) is 1. The Bertz CT molecular complexity index is 839. The Morgan fingerprint density at radius 1 is 1.26 bits per heavy atom. The largest absolute Gasteiger partial charge is 0.493 e. The number of nitrogens with one attached hydrogen (secondary N) is 1. The minimum Gasteiger partial charge on any atom is -0.493 e. The maximum absolute atomic E-state index is 12.3. The van der Waals surface area contributed by atoms with Gasteiger partial charge in [-0.2, -0.15) is 0 Å². The molecule has 1 aromatic rings. The zero-order valence-corrected chi connectivity index (χ0v) is 19.2. The standard InChI is InChI=1S/C26H36N2O3/c1-5-7-8-9-11-20(3)26(30)27-21(4)15-17-31-25-13-12-22(10-6-2)24-18-28(19-29)16-14-23(24)25/h7-8,11-13,19H,4-6,9-10,14-18H2,1-3H3,(H,27,30)/b8-7-,20-11+. The van der Waals surface area contributed by atoms with E-state index >= 15 is 0 Å². The van der Waals surface area contributed by atoms with Crippen LogP contribution in [-0.2, 0) is 29.0 Å². The van der Waals surface area contributed by atoms with Crippen LogP contribution < -0.4 is 10.1 Å². The van der Waals surface area contributed by atoms with Crippen molar-refractivity contribution in [3.05, 3.63) is 64.9 Å². The molecule has 2 amide bonds. The second-order valence-electron chi connectivity index (χ2n) is 7.91. The fourth-order valence-electron chi connectivity index (χ4n) is 3.66. The molecule has 0 atom stereocenters. The normalized spacial score (nSPS) is 13.8. The van der Waals surface area contributed by atoms with E-state index in [1.807, 2.05) is 24.0 Å². The molecule has 0 fully saturated rings. The summed E-state index contributed by atoms with van der Waals surface area (Å²) in [7, 11) is 0. The van der Waals surface area contributed by atoms with Crippen molar-refractivity contribution in [2.24, 2.45) is 0 Å². The van der Waals surface area contributed by atoms with Gasteiger partial charge < -0.3 is 15.0 Å². The third kappa shape index (κ3) is 7.42. The zero-order chi connectivity index (χ0) is 22.6. The number of benzene rings is 1. The second kappa shape index (κ2) is 12.8. The van der Waals surface area contributed by atoms with Crippen LogP contribution in [0.4, 0.5) is 0 Å². The highest BCUT2D eigenvalue weighted by Crippen LogP contribution is 2.31. The zero-order valence-electron chi connectivity index (χ0n) is 19.2. The number of aryl methyl sites for hydroxylation is 1. The van der Waals surface area contributed by atoms with Crippen LogP contribution in [0.25, 0.3) is 0 Å². The molecular weight excluding hydrogens is 388 g/mol. The molecule has 0 unspecified atom stereocenters. The predicted molar refractivity (Wildman–Crippen MR) is 126 cm³/mol. The summed E-state index contributed by atoms with van der Waals surface area (Å²) in [6.45, 7) is 11.8. The molecule has 31 heavy (non-hydrogen) atoms. The lowest BCUT2D eigenvalue weighted by molar-refractivity contribution is -0.119. The summed E-state index contributed by atoms with van der Waals surface area (Å²) >= 11 is 0. The third-order valence-electron chi connectivity index (χ3n) is 5.44. The van der Waals surface area contributed by atoms with Crippen molar-refractivity contribution in [3.63, 3.8) is 0 Å². The molecule has 0 saturated carbocycles. The van der Waals surface area contributed by atoms with Gasteiger partial charge in [0.25, 0.3) is 5.91 Å². The minimum absolute atomic E-state index is 0.120. The molecule has 0 spiro atoms. The van der Waals surface area contributed by atoms with Gasteiger partial charge in [-0.15, -0.1) is 0 Å². The molecule has 0 bridgehead atoms. The summed E-state index contributed by atoms with van der Waals surface area (Å²) in [5.74, 6) is 0.753. The number of hydrogen-bond acceptors (Lipinski definition) is 3. The van der Waals surface area contributed by atoms with E-state index in [-0.39, 0.29) is 5.91 Å². The van der Waals surface area contributed by atoms with Crippen molar-refractivity contribution in [1.29, 1.82) is 0 Å². The smallest absolute Gasteiger partial charge is 0.250 e. The van der Waals surface area contributed by atoms with E-state index in [0.717, 1.165) is 44.3 Å². The van der Waals surface area contributed by atoms with Crippen LogP contribution in [-0.4, -0.2) is 30.4 Å². The number of rotatable bonds is 12. The lowest BCUT2D eigenvalue weighted by Gasteiger charge is -2.29. The van der Waals surface area contributed by atoms with Crippen molar-refractivity contribution in [3.8, 4) is 5.75 Å². The number of ether oxygens (including phenoxy) is 1. The van der Waals surface area contributed by atoms with Crippen LogP contribution in [0.5, 0.6) is 5.75 Å². The first kappa shape index (κ1) is 24.4. The molecular formula is C26H36N2O3. The van der Waals surface area contributed by atoms with Crippen LogP contribution in [0.3, 0.4) is 0 Å². The Labute approximate surface area is 186 Å². The fourth-order valence-corrected chi connectivity index (χ4v) is 3.66. The van der Waals surface area contributed by atoms with Crippen LogP contribution in [0.15, 0.2) is 48.2 Å². The number of carbonyl (C=O) groups is 2. The summed E-state index contributed by atoms with van der Waals surface area (Å²) in [6, 6.07) is 4.15. The highest BCUT2D eigenvalue weighted by molar-refractivity contribution is 5.93. The molecule has 0 aromatic heterocycles. The lowest BCUT2D eigenvalue weighted by atomic mass is 9.92. The van der Waals surface area contributed by atoms with Gasteiger partial charge in [0.05, 0.1) is 6.61 Å². The molecule has 168 valence electrons. The van der Waals surface area contributed by atoms with E-state index in [0.29, 0.717) is 37.4 Å². The SMILES string of the molecule is C=C(CCOc1ccc(CCC)c2c1CCN(C=O)C2)NC(=O)/C(C)=C/C/C=C\CC.